The lowest BCUT2D eigenvalue weighted by Gasteiger charge is -2.10. The lowest BCUT2D eigenvalue weighted by Crippen LogP contribution is -2.15. The van der Waals surface area contributed by atoms with Gasteiger partial charge in [-0.25, -0.2) is 0 Å². The fourth-order valence-electron chi connectivity index (χ4n) is 1.88. The lowest BCUT2D eigenvalue weighted by molar-refractivity contribution is 0.335. The van der Waals surface area contributed by atoms with Crippen molar-refractivity contribution in [1.29, 1.82) is 0 Å². The zero-order chi connectivity index (χ0) is 11.2. The first kappa shape index (κ1) is 11.5. The summed E-state index contributed by atoms with van der Waals surface area (Å²) in [6, 6.07) is 8.27. The van der Waals surface area contributed by atoms with Gasteiger partial charge in [-0.3, -0.25) is 0 Å². The van der Waals surface area contributed by atoms with Gasteiger partial charge in [-0.15, -0.1) is 0 Å². The molecule has 2 rings (SSSR count). The van der Waals surface area contributed by atoms with Gasteiger partial charge >= 0.3 is 0 Å². The maximum Gasteiger partial charge on any atom is 0.123 e. The summed E-state index contributed by atoms with van der Waals surface area (Å²) in [5.41, 5.74) is 1.26. The van der Waals surface area contributed by atoms with Crippen molar-refractivity contribution in [2.45, 2.75) is 32.7 Å². The van der Waals surface area contributed by atoms with E-state index in [-0.39, 0.29) is 0 Å². The van der Waals surface area contributed by atoms with Crippen LogP contribution in [-0.2, 0) is 6.54 Å². The zero-order valence-electron chi connectivity index (χ0n) is 10.0. The normalized spacial score (nSPS) is 15.1. The Balaban J connectivity index is 1.77. The summed E-state index contributed by atoms with van der Waals surface area (Å²) in [7, 11) is 0. The molecule has 0 saturated heterocycles. The summed E-state index contributed by atoms with van der Waals surface area (Å²) in [5.74, 6) is 2.03. The summed E-state index contributed by atoms with van der Waals surface area (Å²) in [6.07, 6.45) is 4.21. The molecule has 88 valence electrons. The first-order valence-corrected chi connectivity index (χ1v) is 6.31. The van der Waals surface area contributed by atoms with E-state index in [9.17, 15) is 0 Å². The molecule has 1 aromatic carbocycles. The van der Waals surface area contributed by atoms with Gasteiger partial charge in [0.2, 0.25) is 0 Å². The average molecular weight is 219 g/mol. The predicted molar refractivity (Wildman–Crippen MR) is 66.7 cm³/mol. The number of para-hydroxylation sites is 1. The van der Waals surface area contributed by atoms with E-state index in [0.29, 0.717) is 0 Å². The Morgan fingerprint density at radius 1 is 1.31 bits per heavy atom. The Hall–Kier alpha value is -1.02. The molecule has 16 heavy (non-hydrogen) atoms. The first-order valence-electron chi connectivity index (χ1n) is 6.31. The van der Waals surface area contributed by atoms with Gasteiger partial charge in [-0.2, -0.15) is 0 Å². The van der Waals surface area contributed by atoms with E-state index in [1.807, 2.05) is 19.1 Å². The number of rotatable bonds is 7. The molecular weight excluding hydrogens is 198 g/mol. The predicted octanol–water partition coefficient (Wildman–Crippen LogP) is 2.98. The van der Waals surface area contributed by atoms with Gasteiger partial charge in [0.1, 0.15) is 5.75 Å². The fraction of sp³-hybridized carbons (Fsp3) is 0.571. The second-order valence-electron chi connectivity index (χ2n) is 4.45. The molecule has 1 aromatic rings. The minimum absolute atomic E-state index is 0.735. The molecule has 0 heterocycles. The van der Waals surface area contributed by atoms with E-state index < -0.39 is 0 Å². The highest BCUT2D eigenvalue weighted by Crippen LogP contribution is 2.31. The van der Waals surface area contributed by atoms with E-state index in [1.54, 1.807) is 0 Å². The smallest absolute Gasteiger partial charge is 0.123 e. The molecule has 2 heteroatoms. The molecule has 0 aliphatic heterocycles. The first-order chi connectivity index (χ1) is 7.90. The molecule has 1 saturated carbocycles. The summed E-state index contributed by atoms with van der Waals surface area (Å²) in [5, 5.41) is 3.49. The largest absolute Gasteiger partial charge is 0.494 e. The van der Waals surface area contributed by atoms with Crippen LogP contribution in [0, 0.1) is 5.92 Å². The van der Waals surface area contributed by atoms with Crippen LogP contribution in [0.4, 0.5) is 0 Å². The van der Waals surface area contributed by atoms with Crippen molar-refractivity contribution < 1.29 is 4.74 Å². The molecule has 0 aromatic heterocycles. The van der Waals surface area contributed by atoms with Gasteiger partial charge in [0, 0.05) is 12.1 Å². The number of hydrogen-bond acceptors (Lipinski definition) is 2. The van der Waals surface area contributed by atoms with E-state index >= 15 is 0 Å². The van der Waals surface area contributed by atoms with Crippen molar-refractivity contribution in [3.63, 3.8) is 0 Å². The minimum Gasteiger partial charge on any atom is -0.494 e. The van der Waals surface area contributed by atoms with Crippen molar-refractivity contribution in [3.8, 4) is 5.75 Å². The van der Waals surface area contributed by atoms with Crippen LogP contribution < -0.4 is 10.1 Å². The second kappa shape index (κ2) is 5.90. The Morgan fingerprint density at radius 2 is 2.12 bits per heavy atom. The van der Waals surface area contributed by atoms with Gasteiger partial charge in [-0.05, 0) is 31.9 Å². The van der Waals surface area contributed by atoms with Crippen molar-refractivity contribution in [2.75, 3.05) is 13.2 Å². The molecule has 0 unspecified atom stereocenters. The van der Waals surface area contributed by atoms with Crippen molar-refractivity contribution in [3.05, 3.63) is 29.8 Å². The number of ether oxygens (including phenoxy) is 1. The molecule has 1 aliphatic carbocycles. The van der Waals surface area contributed by atoms with Crippen molar-refractivity contribution in [1.82, 2.24) is 5.32 Å². The molecule has 1 N–H and O–H groups in total. The second-order valence-corrected chi connectivity index (χ2v) is 4.45. The summed E-state index contributed by atoms with van der Waals surface area (Å²) in [6.45, 7) is 4.81. The van der Waals surface area contributed by atoms with Crippen LogP contribution in [-0.4, -0.2) is 13.2 Å². The van der Waals surface area contributed by atoms with Gasteiger partial charge in [0.15, 0.2) is 0 Å². The van der Waals surface area contributed by atoms with Crippen molar-refractivity contribution >= 4 is 0 Å². The third-order valence-corrected chi connectivity index (χ3v) is 3.01. The SMILES string of the molecule is CCOc1ccccc1CNCCC1CC1. The maximum absolute atomic E-state index is 5.59. The lowest BCUT2D eigenvalue weighted by atomic mass is 10.2. The van der Waals surface area contributed by atoms with Crippen LogP contribution >= 0.6 is 0 Å². The van der Waals surface area contributed by atoms with Gasteiger partial charge in [-0.1, -0.05) is 31.0 Å². The van der Waals surface area contributed by atoms with Gasteiger partial charge in [0.25, 0.3) is 0 Å². The number of nitrogens with one attached hydrogen (secondary N) is 1. The molecule has 1 aliphatic rings. The van der Waals surface area contributed by atoms with Gasteiger partial charge < -0.3 is 10.1 Å². The molecule has 0 atom stereocenters. The van der Waals surface area contributed by atoms with Crippen LogP contribution in [0.15, 0.2) is 24.3 Å². The Morgan fingerprint density at radius 3 is 2.88 bits per heavy atom. The van der Waals surface area contributed by atoms with Crippen LogP contribution in [0.5, 0.6) is 5.75 Å². The van der Waals surface area contributed by atoms with E-state index in [4.69, 9.17) is 4.74 Å². The highest BCUT2D eigenvalue weighted by Gasteiger charge is 2.19. The molecule has 1 fully saturated rings. The molecule has 2 nitrogen and oxygen atoms in total. The van der Waals surface area contributed by atoms with Crippen LogP contribution in [0.25, 0.3) is 0 Å². The van der Waals surface area contributed by atoms with Crippen LogP contribution in [0.3, 0.4) is 0 Å². The number of benzene rings is 1. The van der Waals surface area contributed by atoms with Crippen LogP contribution in [0.2, 0.25) is 0 Å². The molecule has 0 spiro atoms. The fourth-order valence-corrected chi connectivity index (χ4v) is 1.88. The van der Waals surface area contributed by atoms with E-state index in [1.165, 1.54) is 24.8 Å². The third-order valence-electron chi connectivity index (χ3n) is 3.01. The van der Waals surface area contributed by atoms with Crippen LogP contribution in [0.1, 0.15) is 31.7 Å². The molecular formula is C14H21NO. The molecule has 0 amide bonds. The zero-order valence-corrected chi connectivity index (χ0v) is 10.0. The number of hydrogen-bond donors (Lipinski definition) is 1. The minimum atomic E-state index is 0.735. The maximum atomic E-state index is 5.59. The quantitative estimate of drug-likeness (QED) is 0.712. The van der Waals surface area contributed by atoms with Crippen molar-refractivity contribution in [2.24, 2.45) is 5.92 Å². The highest BCUT2D eigenvalue weighted by atomic mass is 16.5. The Labute approximate surface area is 98.0 Å². The third kappa shape index (κ3) is 3.53. The van der Waals surface area contributed by atoms with Gasteiger partial charge in [0.05, 0.1) is 6.61 Å². The molecule has 0 radical (unpaired) electrons. The topological polar surface area (TPSA) is 21.3 Å². The van der Waals surface area contributed by atoms with E-state index in [2.05, 4.69) is 17.4 Å². The Bertz CT molecular complexity index is 320. The summed E-state index contributed by atoms with van der Waals surface area (Å²) >= 11 is 0. The standard InChI is InChI=1S/C14H21NO/c1-2-16-14-6-4-3-5-13(14)11-15-10-9-12-7-8-12/h3-6,12,15H,2,7-11H2,1H3. The van der Waals surface area contributed by atoms with E-state index in [0.717, 1.165) is 31.4 Å². The summed E-state index contributed by atoms with van der Waals surface area (Å²) in [4.78, 5) is 0. The Kier molecular flexibility index (Phi) is 4.23. The summed E-state index contributed by atoms with van der Waals surface area (Å²) < 4.78 is 5.59. The highest BCUT2D eigenvalue weighted by molar-refractivity contribution is 5.33. The monoisotopic (exact) mass is 219 g/mol. The molecule has 0 bridgehead atoms. The average Bonchev–Trinajstić information content (AvgIpc) is 3.11.